The molecular formula is C13H21ClN2O2S. The topological polar surface area (TPSA) is 72.2 Å². The molecule has 1 aromatic carbocycles. The van der Waals surface area contributed by atoms with Crippen molar-refractivity contribution in [1.29, 1.82) is 0 Å². The molecule has 1 aromatic rings. The van der Waals surface area contributed by atoms with E-state index in [4.69, 9.17) is 17.3 Å². The van der Waals surface area contributed by atoms with Gasteiger partial charge in [0.25, 0.3) is 0 Å². The first-order chi connectivity index (χ1) is 8.81. The second-order valence-electron chi connectivity index (χ2n) is 4.84. The maximum Gasteiger partial charge on any atom is 0.240 e. The molecule has 0 fully saturated rings. The molecule has 19 heavy (non-hydrogen) atoms. The Labute approximate surface area is 120 Å². The number of nitrogens with two attached hydrogens (primary N) is 1. The second-order valence-corrected chi connectivity index (χ2v) is 6.96. The Morgan fingerprint density at radius 2 is 2.00 bits per heavy atom. The summed E-state index contributed by atoms with van der Waals surface area (Å²) >= 11 is 5.93. The molecule has 0 aliphatic rings. The molecule has 3 N–H and O–H groups in total. The molecule has 0 bridgehead atoms. The molecule has 0 spiro atoms. The van der Waals surface area contributed by atoms with Crippen LogP contribution in [0.1, 0.15) is 32.8 Å². The maximum atomic E-state index is 12.3. The van der Waals surface area contributed by atoms with Crippen molar-refractivity contribution in [1.82, 2.24) is 4.72 Å². The molecule has 0 heterocycles. The Bertz CT molecular complexity index is 529. The van der Waals surface area contributed by atoms with Gasteiger partial charge in [0, 0.05) is 17.6 Å². The molecule has 0 aromatic heterocycles. The van der Waals surface area contributed by atoms with Gasteiger partial charge in [-0.25, -0.2) is 13.1 Å². The minimum Gasteiger partial charge on any atom is -0.326 e. The predicted octanol–water partition coefficient (Wildman–Crippen LogP) is 2.51. The van der Waals surface area contributed by atoms with E-state index >= 15 is 0 Å². The Morgan fingerprint density at radius 3 is 2.47 bits per heavy atom. The second kappa shape index (κ2) is 6.70. The van der Waals surface area contributed by atoms with Crippen LogP contribution in [0.3, 0.4) is 0 Å². The molecule has 6 heteroatoms. The van der Waals surface area contributed by atoms with Crippen LogP contribution in [0.15, 0.2) is 23.1 Å². The third kappa shape index (κ3) is 4.18. The van der Waals surface area contributed by atoms with E-state index in [0.717, 1.165) is 6.42 Å². The number of rotatable bonds is 6. The molecule has 108 valence electrons. The normalized spacial score (nSPS) is 13.8. The van der Waals surface area contributed by atoms with E-state index in [2.05, 4.69) is 4.72 Å². The van der Waals surface area contributed by atoms with Gasteiger partial charge in [-0.2, -0.15) is 0 Å². The summed E-state index contributed by atoms with van der Waals surface area (Å²) in [5.74, 6) is 0.237. The van der Waals surface area contributed by atoms with Gasteiger partial charge in [0.15, 0.2) is 0 Å². The molecule has 4 nitrogen and oxygen atoms in total. The van der Waals surface area contributed by atoms with Crippen LogP contribution in [0, 0.1) is 5.92 Å². The molecule has 1 unspecified atom stereocenters. The molecule has 0 amide bonds. The van der Waals surface area contributed by atoms with E-state index in [9.17, 15) is 8.42 Å². The van der Waals surface area contributed by atoms with Crippen molar-refractivity contribution in [2.45, 2.75) is 44.7 Å². The van der Waals surface area contributed by atoms with Crippen molar-refractivity contribution < 1.29 is 8.42 Å². The minimum absolute atomic E-state index is 0.0815. The van der Waals surface area contributed by atoms with E-state index in [-0.39, 0.29) is 23.4 Å². The predicted molar refractivity (Wildman–Crippen MR) is 78.6 cm³/mol. The first kappa shape index (κ1) is 16.4. The smallest absolute Gasteiger partial charge is 0.240 e. The molecule has 1 atom stereocenters. The van der Waals surface area contributed by atoms with Crippen molar-refractivity contribution >= 4 is 21.6 Å². The minimum atomic E-state index is -3.53. The van der Waals surface area contributed by atoms with Crippen molar-refractivity contribution in [3.63, 3.8) is 0 Å². The third-order valence-corrected chi connectivity index (χ3v) is 4.95. The standard InChI is InChI=1S/C13H21ClN2O2S/c1-4-13(9(2)3)16-19(17,18)11-5-6-12(14)10(7-11)8-15/h5-7,9,13,16H,4,8,15H2,1-3H3. The van der Waals surface area contributed by atoms with Crippen molar-refractivity contribution in [2.75, 3.05) is 0 Å². The Kier molecular flexibility index (Phi) is 5.80. The lowest BCUT2D eigenvalue weighted by Crippen LogP contribution is -2.38. The Morgan fingerprint density at radius 1 is 1.37 bits per heavy atom. The van der Waals surface area contributed by atoms with E-state index in [0.29, 0.717) is 10.6 Å². The average molecular weight is 305 g/mol. The quantitative estimate of drug-likeness (QED) is 0.848. The van der Waals surface area contributed by atoms with E-state index < -0.39 is 10.0 Å². The highest BCUT2D eigenvalue weighted by Gasteiger charge is 2.21. The highest BCUT2D eigenvalue weighted by Crippen LogP contribution is 2.21. The summed E-state index contributed by atoms with van der Waals surface area (Å²) in [4.78, 5) is 0.205. The van der Waals surface area contributed by atoms with E-state index in [1.807, 2.05) is 20.8 Å². The molecule has 0 aliphatic carbocycles. The fourth-order valence-corrected chi connectivity index (χ4v) is 3.55. The summed E-state index contributed by atoms with van der Waals surface area (Å²) in [6.45, 7) is 6.15. The van der Waals surface area contributed by atoms with Gasteiger partial charge in [-0.15, -0.1) is 0 Å². The molecule has 0 aliphatic heterocycles. The van der Waals surface area contributed by atoms with Gasteiger partial charge in [-0.1, -0.05) is 32.4 Å². The highest BCUT2D eigenvalue weighted by molar-refractivity contribution is 7.89. The number of halogens is 1. The van der Waals surface area contributed by atoms with Crippen LogP contribution in [-0.2, 0) is 16.6 Å². The number of nitrogens with one attached hydrogen (secondary N) is 1. The fraction of sp³-hybridized carbons (Fsp3) is 0.538. The lowest BCUT2D eigenvalue weighted by Gasteiger charge is -2.20. The van der Waals surface area contributed by atoms with Crippen LogP contribution in [0.4, 0.5) is 0 Å². The monoisotopic (exact) mass is 304 g/mol. The van der Waals surface area contributed by atoms with Crippen LogP contribution in [0.2, 0.25) is 5.02 Å². The van der Waals surface area contributed by atoms with Crippen LogP contribution >= 0.6 is 11.6 Å². The lowest BCUT2D eigenvalue weighted by molar-refractivity contribution is 0.437. The summed E-state index contributed by atoms with van der Waals surface area (Å²) in [6, 6.07) is 4.51. The average Bonchev–Trinajstić information content (AvgIpc) is 2.36. The first-order valence-electron chi connectivity index (χ1n) is 6.32. The van der Waals surface area contributed by atoms with E-state index in [1.165, 1.54) is 12.1 Å². The van der Waals surface area contributed by atoms with Gasteiger partial charge in [0.05, 0.1) is 4.90 Å². The highest BCUT2D eigenvalue weighted by atomic mass is 35.5. The van der Waals surface area contributed by atoms with Gasteiger partial charge >= 0.3 is 0 Å². The van der Waals surface area contributed by atoms with Crippen molar-refractivity contribution in [3.8, 4) is 0 Å². The van der Waals surface area contributed by atoms with Crippen LogP contribution in [0.5, 0.6) is 0 Å². The number of hydrogen-bond donors (Lipinski definition) is 2. The molecular weight excluding hydrogens is 284 g/mol. The maximum absolute atomic E-state index is 12.3. The molecule has 0 radical (unpaired) electrons. The van der Waals surface area contributed by atoms with Gasteiger partial charge in [0.1, 0.15) is 0 Å². The summed E-state index contributed by atoms with van der Waals surface area (Å²) in [5, 5.41) is 0.484. The zero-order valence-electron chi connectivity index (χ0n) is 11.5. The molecule has 0 saturated heterocycles. The largest absolute Gasteiger partial charge is 0.326 e. The fourth-order valence-electron chi connectivity index (χ4n) is 1.83. The molecule has 1 rings (SSSR count). The van der Waals surface area contributed by atoms with Crippen molar-refractivity contribution in [3.05, 3.63) is 28.8 Å². The summed E-state index contributed by atoms with van der Waals surface area (Å²) in [7, 11) is -3.53. The Hall–Kier alpha value is -0.620. The summed E-state index contributed by atoms with van der Waals surface area (Å²) < 4.78 is 27.3. The SMILES string of the molecule is CCC(NS(=O)(=O)c1ccc(Cl)c(CN)c1)C(C)C. The third-order valence-electron chi connectivity index (χ3n) is 3.10. The zero-order chi connectivity index (χ0) is 14.6. The summed E-state index contributed by atoms with van der Waals surface area (Å²) in [5.41, 5.74) is 6.17. The lowest BCUT2D eigenvalue weighted by atomic mass is 10.0. The first-order valence-corrected chi connectivity index (χ1v) is 8.18. The number of benzene rings is 1. The summed E-state index contributed by atoms with van der Waals surface area (Å²) in [6.07, 6.45) is 0.744. The number of hydrogen-bond acceptors (Lipinski definition) is 3. The zero-order valence-corrected chi connectivity index (χ0v) is 13.1. The molecule has 0 saturated carbocycles. The van der Waals surface area contributed by atoms with Crippen LogP contribution in [-0.4, -0.2) is 14.5 Å². The van der Waals surface area contributed by atoms with Crippen LogP contribution in [0.25, 0.3) is 0 Å². The Balaban J connectivity index is 3.06. The van der Waals surface area contributed by atoms with Gasteiger partial charge in [-0.3, -0.25) is 0 Å². The van der Waals surface area contributed by atoms with E-state index in [1.54, 1.807) is 6.07 Å². The van der Waals surface area contributed by atoms with Gasteiger partial charge < -0.3 is 5.73 Å². The van der Waals surface area contributed by atoms with Crippen molar-refractivity contribution in [2.24, 2.45) is 11.7 Å². The number of sulfonamides is 1. The van der Waals surface area contributed by atoms with Gasteiger partial charge in [0.2, 0.25) is 10.0 Å². The van der Waals surface area contributed by atoms with Gasteiger partial charge in [-0.05, 0) is 36.1 Å². The van der Waals surface area contributed by atoms with Crippen LogP contribution < -0.4 is 10.5 Å².